The second kappa shape index (κ2) is 4.10. The van der Waals surface area contributed by atoms with Gasteiger partial charge < -0.3 is 9.46 Å². The molecule has 0 aliphatic carbocycles. The molecule has 0 saturated carbocycles. The molecule has 1 fully saturated rings. The molecule has 2 atom stereocenters. The van der Waals surface area contributed by atoms with Gasteiger partial charge in [-0.1, -0.05) is 24.6 Å². The second-order valence-corrected chi connectivity index (χ2v) is 5.87. The molecule has 0 aromatic rings. The summed E-state index contributed by atoms with van der Waals surface area (Å²) >= 11 is 5.31. The van der Waals surface area contributed by atoms with Crippen molar-refractivity contribution in [1.29, 1.82) is 0 Å². The second-order valence-electron chi connectivity index (χ2n) is 3.17. The SMILES string of the molecule is CCC1CCCCN1P(=O)([O-])Cl. The maximum atomic E-state index is 11.1. The van der Waals surface area contributed by atoms with E-state index in [1.54, 1.807) is 0 Å². The topological polar surface area (TPSA) is 43.4 Å². The first kappa shape index (κ1) is 10.5. The highest BCUT2D eigenvalue weighted by atomic mass is 35.7. The molecule has 3 nitrogen and oxygen atoms in total. The number of piperidine rings is 1. The van der Waals surface area contributed by atoms with Crippen LogP contribution in [0.15, 0.2) is 0 Å². The summed E-state index contributed by atoms with van der Waals surface area (Å²) < 4.78 is 12.5. The van der Waals surface area contributed by atoms with Crippen LogP contribution in [0.4, 0.5) is 0 Å². The van der Waals surface area contributed by atoms with Gasteiger partial charge in [-0.2, -0.15) is 0 Å². The molecule has 0 bridgehead atoms. The lowest BCUT2D eigenvalue weighted by molar-refractivity contribution is -0.183. The Labute approximate surface area is 78.0 Å². The van der Waals surface area contributed by atoms with Gasteiger partial charge in [0.15, 0.2) is 6.87 Å². The van der Waals surface area contributed by atoms with E-state index in [9.17, 15) is 9.46 Å². The molecule has 2 unspecified atom stereocenters. The number of nitrogens with zero attached hydrogens (tertiary/aromatic N) is 1. The van der Waals surface area contributed by atoms with E-state index < -0.39 is 6.87 Å². The normalized spacial score (nSPS) is 31.4. The average Bonchev–Trinajstić information content (AvgIpc) is 2.03. The van der Waals surface area contributed by atoms with Crippen LogP contribution in [0.2, 0.25) is 0 Å². The maximum Gasteiger partial charge on any atom is 0.168 e. The fourth-order valence-electron chi connectivity index (χ4n) is 1.71. The molecule has 0 N–H and O–H groups in total. The standard InChI is InChI=1S/C7H15ClNO2P/c1-2-7-5-3-4-6-9(7)12(8,10)11/h7H,2-6H2,1H3,(H,10,11)/p-1. The van der Waals surface area contributed by atoms with Crippen LogP contribution < -0.4 is 4.89 Å². The van der Waals surface area contributed by atoms with Gasteiger partial charge in [-0.15, -0.1) is 0 Å². The van der Waals surface area contributed by atoms with Crippen LogP contribution in [0.5, 0.6) is 0 Å². The molecule has 1 rings (SSSR count). The predicted molar refractivity (Wildman–Crippen MR) is 48.1 cm³/mol. The van der Waals surface area contributed by atoms with E-state index in [4.69, 9.17) is 11.2 Å². The lowest BCUT2D eigenvalue weighted by Crippen LogP contribution is -2.37. The summed E-state index contributed by atoms with van der Waals surface area (Å²) in [5, 5.41) is 0. The molecule has 5 heteroatoms. The zero-order valence-corrected chi connectivity index (χ0v) is 8.85. The van der Waals surface area contributed by atoms with Crippen molar-refractivity contribution in [3.63, 3.8) is 0 Å². The first-order valence-corrected chi connectivity index (χ1v) is 6.81. The van der Waals surface area contributed by atoms with Crippen LogP contribution in [0.25, 0.3) is 0 Å². The Balaban J connectivity index is 2.65. The molecule has 0 aromatic heterocycles. The zero-order valence-electron chi connectivity index (χ0n) is 7.20. The molecular weight excluding hydrogens is 197 g/mol. The molecule has 0 amide bonds. The fraction of sp³-hybridized carbons (Fsp3) is 1.00. The van der Waals surface area contributed by atoms with Gasteiger partial charge in [0.25, 0.3) is 0 Å². The molecule has 1 heterocycles. The first-order chi connectivity index (χ1) is 5.55. The highest BCUT2D eigenvalue weighted by Crippen LogP contribution is 2.49. The lowest BCUT2D eigenvalue weighted by atomic mass is 10.0. The molecule has 0 radical (unpaired) electrons. The molecule has 0 spiro atoms. The van der Waals surface area contributed by atoms with Crippen LogP contribution in [0.1, 0.15) is 32.6 Å². The van der Waals surface area contributed by atoms with Crippen LogP contribution in [0.3, 0.4) is 0 Å². The van der Waals surface area contributed by atoms with Gasteiger partial charge in [0.2, 0.25) is 0 Å². The molecular formula is C7H14ClNO2P-. The van der Waals surface area contributed by atoms with Crippen LogP contribution in [-0.2, 0) is 4.57 Å². The third-order valence-electron chi connectivity index (χ3n) is 2.37. The average molecular weight is 211 g/mol. The van der Waals surface area contributed by atoms with Gasteiger partial charge in [0.1, 0.15) is 0 Å². The zero-order chi connectivity index (χ0) is 9.19. The van der Waals surface area contributed by atoms with E-state index in [2.05, 4.69) is 0 Å². The highest BCUT2D eigenvalue weighted by Gasteiger charge is 2.26. The van der Waals surface area contributed by atoms with E-state index in [1.165, 1.54) is 4.67 Å². The Morgan fingerprint density at radius 1 is 1.67 bits per heavy atom. The lowest BCUT2D eigenvalue weighted by Gasteiger charge is -2.40. The largest absolute Gasteiger partial charge is 0.776 e. The van der Waals surface area contributed by atoms with E-state index in [-0.39, 0.29) is 6.04 Å². The van der Waals surface area contributed by atoms with Gasteiger partial charge in [-0.3, -0.25) is 0 Å². The summed E-state index contributed by atoms with van der Waals surface area (Å²) in [5.74, 6) is 0. The minimum absolute atomic E-state index is 0.139. The highest BCUT2D eigenvalue weighted by molar-refractivity contribution is 7.81. The van der Waals surface area contributed by atoms with Crippen molar-refractivity contribution in [2.24, 2.45) is 0 Å². The van der Waals surface area contributed by atoms with Crippen molar-refractivity contribution < 1.29 is 9.46 Å². The summed E-state index contributed by atoms with van der Waals surface area (Å²) in [6, 6.07) is 0.139. The quantitative estimate of drug-likeness (QED) is 0.655. The van der Waals surface area contributed by atoms with Crippen molar-refractivity contribution in [2.75, 3.05) is 6.54 Å². The smallest absolute Gasteiger partial charge is 0.168 e. The summed E-state index contributed by atoms with van der Waals surface area (Å²) in [4.78, 5) is 11.1. The van der Waals surface area contributed by atoms with Gasteiger partial charge in [0.05, 0.1) is 0 Å². The predicted octanol–water partition coefficient (Wildman–Crippen LogP) is 1.96. The fourth-order valence-corrected chi connectivity index (χ4v) is 3.36. The molecule has 12 heavy (non-hydrogen) atoms. The van der Waals surface area contributed by atoms with Crippen LogP contribution in [-0.4, -0.2) is 17.3 Å². The number of halogens is 1. The Morgan fingerprint density at radius 2 is 2.33 bits per heavy atom. The van der Waals surface area contributed by atoms with Gasteiger partial charge >= 0.3 is 0 Å². The minimum Gasteiger partial charge on any atom is -0.776 e. The molecule has 1 aliphatic rings. The van der Waals surface area contributed by atoms with Gasteiger partial charge in [-0.05, 0) is 19.3 Å². The Bertz CT molecular complexity index is 194. The van der Waals surface area contributed by atoms with Crippen molar-refractivity contribution in [1.82, 2.24) is 4.67 Å². The van der Waals surface area contributed by atoms with E-state index in [1.807, 2.05) is 6.92 Å². The van der Waals surface area contributed by atoms with Crippen LogP contribution >= 0.6 is 18.1 Å². The third-order valence-corrected chi connectivity index (χ3v) is 4.10. The Kier molecular flexibility index (Phi) is 3.59. The molecule has 72 valence electrons. The van der Waals surface area contributed by atoms with Crippen molar-refractivity contribution >= 4 is 18.1 Å². The van der Waals surface area contributed by atoms with Crippen molar-refractivity contribution in [3.05, 3.63) is 0 Å². The van der Waals surface area contributed by atoms with E-state index >= 15 is 0 Å². The minimum atomic E-state index is -3.76. The first-order valence-electron chi connectivity index (χ1n) is 4.33. The summed E-state index contributed by atoms with van der Waals surface area (Å²) in [7, 11) is 0. The monoisotopic (exact) mass is 210 g/mol. The molecule has 0 aromatic carbocycles. The Morgan fingerprint density at radius 3 is 2.75 bits per heavy atom. The summed E-state index contributed by atoms with van der Waals surface area (Å²) in [6.45, 7) is -1.16. The van der Waals surface area contributed by atoms with Crippen LogP contribution in [0, 0.1) is 0 Å². The van der Waals surface area contributed by atoms with Gasteiger partial charge in [-0.25, -0.2) is 4.67 Å². The van der Waals surface area contributed by atoms with Gasteiger partial charge in [0, 0.05) is 12.6 Å². The van der Waals surface area contributed by atoms with E-state index in [0.717, 1.165) is 25.7 Å². The third kappa shape index (κ3) is 2.46. The maximum absolute atomic E-state index is 11.1. The van der Waals surface area contributed by atoms with Crippen molar-refractivity contribution in [3.8, 4) is 0 Å². The Hall–Kier alpha value is 0.440. The summed E-state index contributed by atoms with van der Waals surface area (Å²) in [5.41, 5.74) is 0. The van der Waals surface area contributed by atoms with Crippen molar-refractivity contribution in [2.45, 2.75) is 38.6 Å². The number of hydrogen-bond donors (Lipinski definition) is 0. The number of rotatable bonds is 2. The molecule has 1 aliphatic heterocycles. The molecule has 1 saturated heterocycles. The van der Waals surface area contributed by atoms with E-state index in [0.29, 0.717) is 6.54 Å². The number of hydrogen-bond acceptors (Lipinski definition) is 2. The summed E-state index contributed by atoms with van der Waals surface area (Å²) in [6.07, 6.45) is 3.87.